The van der Waals surface area contributed by atoms with Crippen LogP contribution in [0.1, 0.15) is 0 Å². The molecule has 0 saturated heterocycles. The van der Waals surface area contributed by atoms with Gasteiger partial charge >= 0.3 is 7.82 Å². The number of nitrogens with two attached hydrogens (primary N) is 3. The van der Waals surface area contributed by atoms with E-state index in [9.17, 15) is 0 Å². The first-order chi connectivity index (χ1) is 4.27. The van der Waals surface area contributed by atoms with E-state index in [0.717, 1.165) is 0 Å². The van der Waals surface area contributed by atoms with Crippen molar-refractivity contribution in [1.82, 2.24) is 0 Å². The van der Waals surface area contributed by atoms with Gasteiger partial charge in [0.25, 0.3) is 0 Å². The Morgan fingerprint density at radius 2 is 1.40 bits per heavy atom. The first-order valence-corrected chi connectivity index (χ1v) is 3.41. The molecule has 0 aromatic carbocycles. The Hall–Kier alpha value is -0.820. The van der Waals surface area contributed by atoms with Gasteiger partial charge in [0.2, 0.25) is 5.96 Å². The average molecular weight is 172 g/mol. The number of guanidine groups is 1. The van der Waals surface area contributed by atoms with Gasteiger partial charge in [-0.15, -0.1) is 5.10 Å². The second-order valence-corrected chi connectivity index (χ2v) is 2.09. The van der Waals surface area contributed by atoms with E-state index in [0.29, 0.717) is 0 Å². The van der Waals surface area contributed by atoms with E-state index >= 15 is 0 Å². The van der Waals surface area contributed by atoms with Gasteiger partial charge in [-0.3, -0.25) is 0 Å². The quantitative estimate of drug-likeness (QED) is 0.0753. The molecule has 62 valence electrons. The van der Waals surface area contributed by atoms with Gasteiger partial charge in [-0.2, -0.15) is 0 Å². The lowest BCUT2D eigenvalue weighted by Crippen LogP contribution is -2.23. The minimum Gasteiger partial charge on any atom is -0.369 e. The Balaban J connectivity index is 0. The monoisotopic (exact) mass is 172 g/mol. The summed E-state index contributed by atoms with van der Waals surface area (Å²) in [6, 6.07) is 0. The van der Waals surface area contributed by atoms with E-state index in [-0.39, 0.29) is 5.96 Å². The van der Waals surface area contributed by atoms with Crippen molar-refractivity contribution in [3.63, 3.8) is 0 Å². The van der Waals surface area contributed by atoms with E-state index in [1.807, 2.05) is 0 Å². The maximum Gasteiger partial charge on any atom is 0.466 e. The third-order valence-electron chi connectivity index (χ3n) is 0.149. The lowest BCUT2D eigenvalue weighted by atomic mass is 11.1. The Labute approximate surface area is 56.6 Å². The molecule has 0 aromatic rings. The molecule has 0 unspecified atom stereocenters. The van der Waals surface area contributed by atoms with Crippen molar-refractivity contribution in [3.8, 4) is 0 Å². The van der Waals surface area contributed by atoms with Crippen LogP contribution in [0.2, 0.25) is 0 Å². The minimum absolute atomic E-state index is 0.0926. The number of hydrogen-bond donors (Lipinski definition) is 6. The largest absolute Gasteiger partial charge is 0.466 e. The van der Waals surface area contributed by atoms with Crippen LogP contribution in [-0.2, 0) is 4.57 Å². The minimum atomic E-state index is -4.64. The maximum absolute atomic E-state index is 8.88. The smallest absolute Gasteiger partial charge is 0.369 e. The number of rotatable bonds is 0. The molecule has 0 fully saturated rings. The molecule has 0 aliphatic rings. The van der Waals surface area contributed by atoms with Crippen LogP contribution in [-0.4, -0.2) is 20.6 Å². The number of phosphoric acid groups is 1. The van der Waals surface area contributed by atoms with Gasteiger partial charge < -0.3 is 32.0 Å². The molecule has 9 heteroatoms. The summed E-state index contributed by atoms with van der Waals surface area (Å²) in [6.45, 7) is 0. The normalized spacial score (nSPS) is 9.10. The van der Waals surface area contributed by atoms with Crippen molar-refractivity contribution < 1.29 is 19.2 Å². The first kappa shape index (κ1) is 11.9. The summed E-state index contributed by atoms with van der Waals surface area (Å²) in [4.78, 5) is 21.6. The molecular weight excluding hydrogens is 163 g/mol. The molecule has 0 spiro atoms. The van der Waals surface area contributed by atoms with Crippen LogP contribution in [0.25, 0.3) is 0 Å². The molecule has 0 amide bonds. The summed E-state index contributed by atoms with van der Waals surface area (Å²) in [7, 11) is -4.64. The summed E-state index contributed by atoms with van der Waals surface area (Å²) >= 11 is 0. The molecule has 0 radical (unpaired) electrons. The second-order valence-electron chi connectivity index (χ2n) is 1.07. The van der Waals surface area contributed by atoms with Crippen molar-refractivity contribution in [3.05, 3.63) is 0 Å². The van der Waals surface area contributed by atoms with Crippen LogP contribution in [0.4, 0.5) is 0 Å². The zero-order valence-electron chi connectivity index (χ0n) is 4.88. The lowest BCUT2D eigenvalue weighted by molar-refractivity contribution is 0.275. The highest BCUT2D eigenvalue weighted by atomic mass is 31.2. The van der Waals surface area contributed by atoms with Gasteiger partial charge in [-0.25, -0.2) is 4.57 Å². The van der Waals surface area contributed by atoms with E-state index in [1.54, 1.807) is 0 Å². The molecule has 0 bridgehead atoms. The number of hydrogen-bond acceptors (Lipinski definition) is 3. The lowest BCUT2D eigenvalue weighted by Gasteiger charge is -1.82. The molecule has 9 N–H and O–H groups in total. The SMILES string of the molecule is NN=C(N)N.O=P(O)(O)O. The van der Waals surface area contributed by atoms with Crippen molar-refractivity contribution in [1.29, 1.82) is 0 Å². The fourth-order valence-electron chi connectivity index (χ4n) is 0. The Bertz CT molecular complexity index is 137. The molecule has 0 aromatic heterocycles. The second kappa shape index (κ2) is 5.00. The highest BCUT2D eigenvalue weighted by Gasteiger charge is 2.00. The van der Waals surface area contributed by atoms with Gasteiger partial charge in [0.1, 0.15) is 0 Å². The third kappa shape index (κ3) is 197. The summed E-state index contributed by atoms with van der Waals surface area (Å²) < 4.78 is 8.88. The summed E-state index contributed by atoms with van der Waals surface area (Å²) in [6.07, 6.45) is 0. The van der Waals surface area contributed by atoms with E-state index < -0.39 is 7.82 Å². The molecule has 8 nitrogen and oxygen atoms in total. The number of hydrazone groups is 1. The maximum atomic E-state index is 8.88. The van der Waals surface area contributed by atoms with E-state index in [2.05, 4.69) is 10.9 Å². The van der Waals surface area contributed by atoms with Crippen molar-refractivity contribution >= 4 is 13.8 Å². The van der Waals surface area contributed by atoms with Gasteiger partial charge in [-0.1, -0.05) is 0 Å². The zero-order valence-corrected chi connectivity index (χ0v) is 5.77. The van der Waals surface area contributed by atoms with Gasteiger partial charge in [0, 0.05) is 0 Å². The topological polar surface area (TPSA) is 168 Å². The number of nitrogens with zero attached hydrogens (tertiary/aromatic N) is 1. The highest BCUT2D eigenvalue weighted by Crippen LogP contribution is 2.25. The van der Waals surface area contributed by atoms with Crippen LogP contribution in [0.5, 0.6) is 0 Å². The van der Waals surface area contributed by atoms with Gasteiger partial charge in [-0.05, 0) is 0 Å². The van der Waals surface area contributed by atoms with Crippen molar-refractivity contribution in [2.75, 3.05) is 0 Å². The molecule has 0 rings (SSSR count). The predicted molar refractivity (Wildman–Crippen MR) is 34.3 cm³/mol. The highest BCUT2D eigenvalue weighted by molar-refractivity contribution is 7.45. The van der Waals surface area contributed by atoms with Crippen LogP contribution in [0.3, 0.4) is 0 Å². The fourth-order valence-corrected chi connectivity index (χ4v) is 0. The summed E-state index contributed by atoms with van der Waals surface area (Å²) in [5.41, 5.74) is 9.39. The first-order valence-electron chi connectivity index (χ1n) is 1.84. The van der Waals surface area contributed by atoms with Gasteiger partial charge in [0.05, 0.1) is 0 Å². The molecule has 0 atom stereocenters. The zero-order chi connectivity index (χ0) is 8.78. The standard InChI is InChI=1S/CH6N4.H3O4P/c2-1(3)5-4;1-5(2,3)4/h4H2,(H4,2,3,5);(H3,1,2,3,4). The Morgan fingerprint density at radius 1 is 1.30 bits per heavy atom. The van der Waals surface area contributed by atoms with Crippen molar-refractivity contribution in [2.45, 2.75) is 0 Å². The molecule has 0 heterocycles. The van der Waals surface area contributed by atoms with E-state index in [1.165, 1.54) is 0 Å². The van der Waals surface area contributed by atoms with Crippen LogP contribution in [0.15, 0.2) is 5.10 Å². The Morgan fingerprint density at radius 3 is 1.40 bits per heavy atom. The van der Waals surface area contributed by atoms with Crippen molar-refractivity contribution in [2.24, 2.45) is 22.4 Å². The summed E-state index contributed by atoms with van der Waals surface area (Å²) in [5.74, 6) is 4.42. The molecule has 10 heavy (non-hydrogen) atoms. The molecular formula is CH9N4O4P. The van der Waals surface area contributed by atoms with Crippen LogP contribution >= 0.6 is 7.82 Å². The van der Waals surface area contributed by atoms with E-state index in [4.69, 9.17) is 30.7 Å². The molecule has 0 saturated carbocycles. The van der Waals surface area contributed by atoms with Crippen LogP contribution < -0.4 is 17.3 Å². The fraction of sp³-hybridized carbons (Fsp3) is 0. The molecule has 0 aliphatic carbocycles. The summed E-state index contributed by atoms with van der Waals surface area (Å²) in [5, 5.41) is 2.86. The average Bonchev–Trinajstić information content (AvgIpc) is 1.61. The Kier molecular flexibility index (Phi) is 5.96. The third-order valence-corrected chi connectivity index (χ3v) is 0.149. The van der Waals surface area contributed by atoms with Gasteiger partial charge in [0.15, 0.2) is 0 Å². The molecule has 0 aliphatic heterocycles. The predicted octanol–water partition coefficient (Wildman–Crippen LogP) is -2.80. The van der Waals surface area contributed by atoms with Crippen LogP contribution in [0, 0.1) is 0 Å².